The number of nitrogens with zero attached hydrogens (tertiary/aromatic N) is 2. The molecule has 2 aromatic rings. The molecule has 2 heterocycles. The van der Waals surface area contributed by atoms with Crippen molar-refractivity contribution in [3.05, 3.63) is 51.9 Å². The molecule has 4 heteroatoms. The average Bonchev–Trinajstić information content (AvgIpc) is 2.97. The van der Waals surface area contributed by atoms with E-state index in [9.17, 15) is 0 Å². The van der Waals surface area contributed by atoms with Crippen molar-refractivity contribution in [3.8, 4) is 0 Å². The van der Waals surface area contributed by atoms with Crippen LogP contribution in [0.25, 0.3) is 0 Å². The number of rotatable bonds is 3. The number of benzene rings is 1. The van der Waals surface area contributed by atoms with Crippen molar-refractivity contribution in [1.29, 1.82) is 0 Å². The van der Waals surface area contributed by atoms with E-state index in [4.69, 9.17) is 16.1 Å². The molecule has 0 bridgehead atoms. The largest absolute Gasteiger partial charge is 0.361 e. The Morgan fingerprint density at radius 1 is 1.40 bits per heavy atom. The second-order valence-corrected chi connectivity index (χ2v) is 5.93. The zero-order valence-corrected chi connectivity index (χ0v) is 12.7. The molecule has 20 heavy (non-hydrogen) atoms. The van der Waals surface area contributed by atoms with Crippen molar-refractivity contribution in [2.75, 3.05) is 6.54 Å². The van der Waals surface area contributed by atoms with E-state index in [1.165, 1.54) is 24.0 Å². The smallest absolute Gasteiger partial charge is 0.138 e. The Labute approximate surface area is 124 Å². The summed E-state index contributed by atoms with van der Waals surface area (Å²) in [6, 6.07) is 8.53. The van der Waals surface area contributed by atoms with E-state index in [-0.39, 0.29) is 0 Å². The first-order chi connectivity index (χ1) is 9.65. The van der Waals surface area contributed by atoms with Crippen molar-refractivity contribution in [2.45, 2.75) is 39.3 Å². The van der Waals surface area contributed by atoms with Crippen LogP contribution in [0.4, 0.5) is 0 Å². The lowest BCUT2D eigenvalue weighted by atomic mass is 10.0. The summed E-state index contributed by atoms with van der Waals surface area (Å²) in [5.74, 6) is 0.950. The molecule has 1 aromatic carbocycles. The Kier molecular flexibility index (Phi) is 3.81. The topological polar surface area (TPSA) is 29.3 Å². The Morgan fingerprint density at radius 2 is 2.25 bits per heavy atom. The van der Waals surface area contributed by atoms with Crippen LogP contribution >= 0.6 is 11.6 Å². The number of aryl methyl sites for hydroxylation is 2. The molecule has 0 unspecified atom stereocenters. The van der Waals surface area contributed by atoms with Crippen LogP contribution in [0.2, 0.25) is 5.02 Å². The first kappa shape index (κ1) is 13.7. The molecule has 3 nitrogen and oxygen atoms in total. The van der Waals surface area contributed by atoms with Crippen molar-refractivity contribution in [3.63, 3.8) is 0 Å². The van der Waals surface area contributed by atoms with Crippen LogP contribution in [-0.2, 0) is 6.54 Å². The molecule has 0 aliphatic carbocycles. The van der Waals surface area contributed by atoms with E-state index < -0.39 is 0 Å². The van der Waals surface area contributed by atoms with Gasteiger partial charge in [-0.1, -0.05) is 28.9 Å². The Morgan fingerprint density at radius 3 is 2.95 bits per heavy atom. The van der Waals surface area contributed by atoms with Gasteiger partial charge < -0.3 is 4.52 Å². The molecule has 1 fully saturated rings. The highest BCUT2D eigenvalue weighted by Gasteiger charge is 2.30. The third kappa shape index (κ3) is 2.60. The standard InChI is InChI=1S/C16H19ClN2O/c1-11-16(12(2)20-18-11)15-7-4-8-19(15)10-13-5-3-6-14(17)9-13/h3,5-6,9,15H,4,7-8,10H2,1-2H3/t15-/m0/s1. The van der Waals surface area contributed by atoms with Crippen molar-refractivity contribution in [2.24, 2.45) is 0 Å². The molecular formula is C16H19ClN2O. The lowest BCUT2D eigenvalue weighted by Crippen LogP contribution is -2.23. The molecule has 106 valence electrons. The van der Waals surface area contributed by atoms with Gasteiger partial charge in [-0.05, 0) is 50.9 Å². The van der Waals surface area contributed by atoms with Crippen LogP contribution in [0.15, 0.2) is 28.8 Å². The van der Waals surface area contributed by atoms with Gasteiger partial charge in [0, 0.05) is 23.2 Å². The maximum Gasteiger partial charge on any atom is 0.138 e. The minimum absolute atomic E-state index is 0.417. The van der Waals surface area contributed by atoms with Crippen LogP contribution in [0.1, 0.15) is 41.5 Å². The molecule has 0 N–H and O–H groups in total. The number of aromatic nitrogens is 1. The monoisotopic (exact) mass is 290 g/mol. The molecule has 0 amide bonds. The summed E-state index contributed by atoms with van der Waals surface area (Å²) in [5, 5.41) is 4.90. The van der Waals surface area contributed by atoms with Gasteiger partial charge >= 0.3 is 0 Å². The fourth-order valence-electron chi connectivity index (χ4n) is 3.18. The molecule has 1 saturated heterocycles. The average molecular weight is 291 g/mol. The maximum atomic E-state index is 6.07. The zero-order chi connectivity index (χ0) is 14.1. The predicted octanol–water partition coefficient (Wildman–Crippen LogP) is 4.28. The van der Waals surface area contributed by atoms with E-state index in [1.807, 2.05) is 32.0 Å². The molecule has 0 radical (unpaired) electrons. The highest BCUT2D eigenvalue weighted by Crippen LogP contribution is 2.36. The lowest BCUT2D eigenvalue weighted by Gasteiger charge is -2.24. The maximum absolute atomic E-state index is 6.07. The van der Waals surface area contributed by atoms with E-state index in [0.717, 1.165) is 29.6 Å². The Balaban J connectivity index is 1.83. The summed E-state index contributed by atoms with van der Waals surface area (Å²) in [5.41, 5.74) is 3.55. The Hall–Kier alpha value is -1.32. The third-order valence-electron chi connectivity index (χ3n) is 4.06. The van der Waals surface area contributed by atoms with Gasteiger partial charge in [-0.15, -0.1) is 0 Å². The zero-order valence-electron chi connectivity index (χ0n) is 11.9. The highest BCUT2D eigenvalue weighted by atomic mass is 35.5. The van der Waals surface area contributed by atoms with Crippen LogP contribution in [0.3, 0.4) is 0 Å². The van der Waals surface area contributed by atoms with Gasteiger partial charge in [0.05, 0.1) is 5.69 Å². The number of hydrogen-bond acceptors (Lipinski definition) is 3. The summed E-state index contributed by atoms with van der Waals surface area (Å²) in [4.78, 5) is 2.50. The van der Waals surface area contributed by atoms with Gasteiger partial charge in [0.2, 0.25) is 0 Å². The van der Waals surface area contributed by atoms with Crippen LogP contribution < -0.4 is 0 Å². The molecule has 1 aromatic heterocycles. The fraction of sp³-hybridized carbons (Fsp3) is 0.438. The SMILES string of the molecule is Cc1noc(C)c1[C@@H]1CCCN1Cc1cccc(Cl)c1. The molecule has 1 aliphatic heterocycles. The minimum atomic E-state index is 0.417. The number of likely N-dealkylation sites (tertiary alicyclic amines) is 1. The summed E-state index contributed by atoms with van der Waals surface area (Å²) in [7, 11) is 0. The normalized spacial score (nSPS) is 19.6. The van der Waals surface area contributed by atoms with E-state index in [0.29, 0.717) is 6.04 Å². The molecule has 1 atom stereocenters. The molecule has 0 spiro atoms. The summed E-state index contributed by atoms with van der Waals surface area (Å²) in [6.45, 7) is 6.07. The number of halogens is 1. The van der Waals surface area contributed by atoms with Crippen molar-refractivity contribution < 1.29 is 4.52 Å². The van der Waals surface area contributed by atoms with Gasteiger partial charge in [0.25, 0.3) is 0 Å². The summed E-state index contributed by atoms with van der Waals surface area (Å²) >= 11 is 6.07. The molecule has 0 saturated carbocycles. The highest BCUT2D eigenvalue weighted by molar-refractivity contribution is 6.30. The molecule has 1 aliphatic rings. The Bertz CT molecular complexity index is 589. The van der Waals surface area contributed by atoms with E-state index >= 15 is 0 Å². The first-order valence-electron chi connectivity index (χ1n) is 7.06. The summed E-state index contributed by atoms with van der Waals surface area (Å²) in [6.07, 6.45) is 2.39. The second kappa shape index (κ2) is 5.58. The predicted molar refractivity (Wildman–Crippen MR) is 79.8 cm³/mol. The second-order valence-electron chi connectivity index (χ2n) is 5.50. The van der Waals surface area contributed by atoms with Gasteiger partial charge in [-0.2, -0.15) is 0 Å². The van der Waals surface area contributed by atoms with E-state index in [2.05, 4.69) is 16.1 Å². The van der Waals surface area contributed by atoms with Crippen molar-refractivity contribution >= 4 is 11.6 Å². The quantitative estimate of drug-likeness (QED) is 0.845. The fourth-order valence-corrected chi connectivity index (χ4v) is 3.39. The first-order valence-corrected chi connectivity index (χ1v) is 7.44. The molecular weight excluding hydrogens is 272 g/mol. The van der Waals surface area contributed by atoms with Crippen LogP contribution in [0.5, 0.6) is 0 Å². The van der Waals surface area contributed by atoms with Crippen molar-refractivity contribution in [1.82, 2.24) is 10.1 Å². The van der Waals surface area contributed by atoms with Crippen LogP contribution in [0, 0.1) is 13.8 Å². The van der Waals surface area contributed by atoms with Crippen LogP contribution in [-0.4, -0.2) is 16.6 Å². The van der Waals surface area contributed by atoms with Gasteiger partial charge in [0.15, 0.2) is 0 Å². The van der Waals surface area contributed by atoms with E-state index in [1.54, 1.807) is 0 Å². The van der Waals surface area contributed by atoms with Gasteiger partial charge in [0.1, 0.15) is 5.76 Å². The van der Waals surface area contributed by atoms with Gasteiger partial charge in [-0.3, -0.25) is 4.90 Å². The molecule has 3 rings (SSSR count). The third-order valence-corrected chi connectivity index (χ3v) is 4.30. The summed E-state index contributed by atoms with van der Waals surface area (Å²) < 4.78 is 5.33. The number of hydrogen-bond donors (Lipinski definition) is 0. The minimum Gasteiger partial charge on any atom is -0.361 e. The lowest BCUT2D eigenvalue weighted by molar-refractivity contribution is 0.245. The van der Waals surface area contributed by atoms with Gasteiger partial charge in [-0.25, -0.2) is 0 Å².